The highest BCUT2D eigenvalue weighted by molar-refractivity contribution is 5.69. The molecule has 0 amide bonds. The summed E-state index contributed by atoms with van der Waals surface area (Å²) in [6.07, 6.45) is 2.70. The van der Waals surface area contributed by atoms with Crippen molar-refractivity contribution in [3.8, 4) is 0 Å². The largest absolute Gasteiger partial charge is 0.481 e. The lowest BCUT2D eigenvalue weighted by Crippen LogP contribution is -2.37. The maximum absolute atomic E-state index is 11.2. The Bertz CT molecular complexity index is 302. The quantitative estimate of drug-likeness (QED) is 0.697. The van der Waals surface area contributed by atoms with E-state index in [2.05, 4.69) is 21.0 Å². The van der Waals surface area contributed by atoms with E-state index in [1.54, 1.807) is 6.92 Å². The predicted octanol–water partition coefficient (Wildman–Crippen LogP) is 1.97. The van der Waals surface area contributed by atoms with Crippen LogP contribution in [0.2, 0.25) is 0 Å². The van der Waals surface area contributed by atoms with Gasteiger partial charge in [-0.2, -0.15) is 0 Å². The van der Waals surface area contributed by atoms with Gasteiger partial charge in [-0.25, -0.2) is 0 Å². The van der Waals surface area contributed by atoms with Crippen LogP contribution < -0.4 is 0 Å². The second-order valence-corrected chi connectivity index (χ2v) is 6.93. The van der Waals surface area contributed by atoms with Crippen molar-refractivity contribution < 1.29 is 19.5 Å². The van der Waals surface area contributed by atoms with Gasteiger partial charge in [0.25, 0.3) is 0 Å². The molecule has 112 valence electrons. The Morgan fingerprint density at radius 3 is 2.37 bits per heavy atom. The van der Waals surface area contributed by atoms with Gasteiger partial charge in [-0.1, -0.05) is 6.92 Å². The monoisotopic (exact) mass is 272 g/mol. The summed E-state index contributed by atoms with van der Waals surface area (Å²) in [4.78, 5) is 11.2. The summed E-state index contributed by atoms with van der Waals surface area (Å²) >= 11 is 0. The molecule has 0 saturated carbocycles. The number of carboxylic acid groups (broad SMARTS) is 1. The number of nitrogens with zero attached hydrogens (tertiary/aromatic N) is 1. The Balaban J connectivity index is 2.51. The van der Waals surface area contributed by atoms with E-state index in [1.807, 2.05) is 0 Å². The van der Waals surface area contributed by atoms with Crippen molar-refractivity contribution >= 4 is 5.97 Å². The molecule has 1 aliphatic rings. The standard InChI is InChI=1S/C15H29NO3/c1-5-12-9-16(3,4)10-14(12)7-6-13(15(18)19)8-11(2)17/h11-14,17H,5-10H2,1-4H3/p+1. The molecule has 0 aliphatic carbocycles. The molecule has 0 aromatic rings. The summed E-state index contributed by atoms with van der Waals surface area (Å²) in [6.45, 7) is 6.25. The molecule has 0 spiro atoms. The van der Waals surface area contributed by atoms with E-state index in [4.69, 9.17) is 0 Å². The topological polar surface area (TPSA) is 57.5 Å². The number of rotatable bonds is 7. The molecule has 0 radical (unpaired) electrons. The van der Waals surface area contributed by atoms with Crippen LogP contribution in [-0.2, 0) is 4.79 Å². The molecule has 2 N–H and O–H groups in total. The highest BCUT2D eigenvalue weighted by Crippen LogP contribution is 2.33. The van der Waals surface area contributed by atoms with Gasteiger partial charge in [0.15, 0.2) is 0 Å². The van der Waals surface area contributed by atoms with E-state index in [1.165, 1.54) is 13.0 Å². The van der Waals surface area contributed by atoms with Gasteiger partial charge in [-0.05, 0) is 32.6 Å². The molecule has 1 heterocycles. The molecule has 4 atom stereocenters. The Morgan fingerprint density at radius 1 is 1.32 bits per heavy atom. The Kier molecular flexibility index (Phi) is 5.81. The fraction of sp³-hybridized carbons (Fsp3) is 0.933. The summed E-state index contributed by atoms with van der Waals surface area (Å²) < 4.78 is 1.05. The zero-order valence-corrected chi connectivity index (χ0v) is 12.8. The third kappa shape index (κ3) is 5.11. The number of likely N-dealkylation sites (tertiary alicyclic amines) is 1. The van der Waals surface area contributed by atoms with Gasteiger partial charge in [-0.3, -0.25) is 4.79 Å². The zero-order chi connectivity index (χ0) is 14.6. The Labute approximate surface area is 117 Å². The van der Waals surface area contributed by atoms with E-state index in [0.29, 0.717) is 18.8 Å². The van der Waals surface area contributed by atoms with E-state index in [9.17, 15) is 15.0 Å². The third-order valence-electron chi connectivity index (χ3n) is 4.51. The van der Waals surface area contributed by atoms with Crippen LogP contribution >= 0.6 is 0 Å². The maximum Gasteiger partial charge on any atom is 0.306 e. The highest BCUT2D eigenvalue weighted by Gasteiger charge is 2.39. The van der Waals surface area contributed by atoms with Crippen molar-refractivity contribution in [1.29, 1.82) is 0 Å². The smallest absolute Gasteiger partial charge is 0.306 e. The molecule has 0 bridgehead atoms. The molecule has 4 nitrogen and oxygen atoms in total. The number of aliphatic hydroxyl groups is 1. The Hall–Kier alpha value is -0.610. The van der Waals surface area contributed by atoms with Gasteiger partial charge in [0, 0.05) is 11.8 Å². The van der Waals surface area contributed by atoms with Crippen molar-refractivity contribution in [1.82, 2.24) is 0 Å². The molecule has 4 heteroatoms. The van der Waals surface area contributed by atoms with Gasteiger partial charge in [0.2, 0.25) is 0 Å². The van der Waals surface area contributed by atoms with Crippen LogP contribution in [0.25, 0.3) is 0 Å². The molecule has 1 aliphatic heterocycles. The molecule has 4 unspecified atom stereocenters. The van der Waals surface area contributed by atoms with Crippen molar-refractivity contribution in [3.63, 3.8) is 0 Å². The summed E-state index contributed by atoms with van der Waals surface area (Å²) in [5.41, 5.74) is 0. The normalized spacial score (nSPS) is 29.1. The molecule has 1 rings (SSSR count). The van der Waals surface area contributed by atoms with Crippen LogP contribution in [0.1, 0.15) is 39.5 Å². The van der Waals surface area contributed by atoms with E-state index < -0.39 is 18.0 Å². The van der Waals surface area contributed by atoms with E-state index >= 15 is 0 Å². The van der Waals surface area contributed by atoms with Crippen molar-refractivity contribution in [2.45, 2.75) is 45.6 Å². The number of quaternary nitrogens is 1. The van der Waals surface area contributed by atoms with Crippen LogP contribution in [0.3, 0.4) is 0 Å². The molecule has 0 aromatic carbocycles. The second-order valence-electron chi connectivity index (χ2n) is 6.93. The lowest BCUT2D eigenvalue weighted by molar-refractivity contribution is -0.880. The highest BCUT2D eigenvalue weighted by atomic mass is 16.4. The molecular formula is C15H30NO3+. The van der Waals surface area contributed by atoms with Gasteiger partial charge >= 0.3 is 5.97 Å². The van der Waals surface area contributed by atoms with Crippen molar-refractivity contribution in [2.24, 2.45) is 17.8 Å². The van der Waals surface area contributed by atoms with E-state index in [-0.39, 0.29) is 0 Å². The summed E-state index contributed by atoms with van der Waals surface area (Å²) in [6, 6.07) is 0. The van der Waals surface area contributed by atoms with Gasteiger partial charge in [-0.15, -0.1) is 0 Å². The molecular weight excluding hydrogens is 242 g/mol. The lowest BCUT2D eigenvalue weighted by atomic mass is 9.85. The van der Waals surface area contributed by atoms with Crippen LogP contribution in [0.5, 0.6) is 0 Å². The van der Waals surface area contributed by atoms with Crippen LogP contribution in [0.15, 0.2) is 0 Å². The number of carbonyl (C=O) groups is 1. The average molecular weight is 272 g/mol. The van der Waals surface area contributed by atoms with Gasteiger partial charge in [0.1, 0.15) is 0 Å². The first kappa shape index (κ1) is 16.4. The number of aliphatic carboxylic acids is 1. The number of aliphatic hydroxyl groups excluding tert-OH is 1. The molecule has 1 saturated heterocycles. The minimum absolute atomic E-state index is 0.372. The molecule has 19 heavy (non-hydrogen) atoms. The maximum atomic E-state index is 11.2. The minimum Gasteiger partial charge on any atom is -0.481 e. The van der Waals surface area contributed by atoms with Gasteiger partial charge < -0.3 is 14.7 Å². The van der Waals surface area contributed by atoms with Crippen LogP contribution in [0.4, 0.5) is 0 Å². The Morgan fingerprint density at radius 2 is 1.89 bits per heavy atom. The fourth-order valence-electron chi connectivity index (χ4n) is 3.60. The fourth-order valence-corrected chi connectivity index (χ4v) is 3.60. The second kappa shape index (κ2) is 6.71. The minimum atomic E-state index is -0.763. The SMILES string of the molecule is CCC1C[N+](C)(C)CC1CCC(CC(C)O)C(=O)O. The summed E-state index contributed by atoms with van der Waals surface area (Å²) in [5, 5.41) is 18.6. The lowest BCUT2D eigenvalue weighted by Gasteiger charge is -2.23. The first-order valence-electron chi connectivity index (χ1n) is 7.48. The van der Waals surface area contributed by atoms with Crippen LogP contribution in [-0.4, -0.2) is 54.0 Å². The zero-order valence-electron chi connectivity index (χ0n) is 12.8. The summed E-state index contributed by atoms with van der Waals surface area (Å²) in [5.74, 6) is 0.196. The summed E-state index contributed by atoms with van der Waals surface area (Å²) in [7, 11) is 4.51. The van der Waals surface area contributed by atoms with Gasteiger partial charge in [0.05, 0.1) is 39.2 Å². The number of carboxylic acids is 1. The molecule has 1 fully saturated rings. The number of hydrogen-bond acceptors (Lipinski definition) is 2. The first-order chi connectivity index (χ1) is 8.75. The third-order valence-corrected chi connectivity index (χ3v) is 4.51. The molecule has 0 aromatic heterocycles. The average Bonchev–Trinajstić information content (AvgIpc) is 2.58. The van der Waals surface area contributed by atoms with Crippen molar-refractivity contribution in [3.05, 3.63) is 0 Å². The number of hydrogen-bond donors (Lipinski definition) is 2. The van der Waals surface area contributed by atoms with Crippen molar-refractivity contribution in [2.75, 3.05) is 27.2 Å². The van der Waals surface area contributed by atoms with Crippen LogP contribution in [0, 0.1) is 17.8 Å². The van der Waals surface area contributed by atoms with E-state index in [0.717, 1.165) is 23.4 Å². The predicted molar refractivity (Wildman–Crippen MR) is 75.8 cm³/mol. The first-order valence-corrected chi connectivity index (χ1v) is 7.48.